The van der Waals surface area contributed by atoms with E-state index in [-0.39, 0.29) is 17.2 Å². The second-order valence-corrected chi connectivity index (χ2v) is 5.62. The average Bonchev–Trinajstić information content (AvgIpc) is 2.91. The van der Waals surface area contributed by atoms with Crippen LogP contribution in [-0.4, -0.2) is 26.6 Å². The molecule has 23 heavy (non-hydrogen) atoms. The first-order valence-corrected chi connectivity index (χ1v) is 7.55. The van der Waals surface area contributed by atoms with Crippen molar-refractivity contribution in [2.45, 2.75) is 19.8 Å². The molecule has 1 aromatic carbocycles. The van der Waals surface area contributed by atoms with Gasteiger partial charge in [0, 0.05) is 23.8 Å². The standard InChI is InChI=1S/C15H15ClFN5O/c1-3-4-10-8-13(23)22-14(18-10)19-15(20-22)21(2)12-6-5-9(16)7-11(12)17/h5-8H,3-4H2,1-2H3,(H,18,19,20). The Labute approximate surface area is 136 Å². The lowest BCUT2D eigenvalue weighted by Gasteiger charge is -2.15. The minimum atomic E-state index is -0.489. The summed E-state index contributed by atoms with van der Waals surface area (Å²) < 4.78 is 15.2. The van der Waals surface area contributed by atoms with Crippen LogP contribution in [0, 0.1) is 5.82 Å². The maximum Gasteiger partial charge on any atom is 0.275 e. The van der Waals surface area contributed by atoms with Crippen molar-refractivity contribution in [3.63, 3.8) is 0 Å². The van der Waals surface area contributed by atoms with Crippen LogP contribution < -0.4 is 10.5 Å². The summed E-state index contributed by atoms with van der Waals surface area (Å²) in [5.41, 5.74) is 0.793. The van der Waals surface area contributed by atoms with E-state index in [0.29, 0.717) is 10.8 Å². The number of fused-ring (bicyclic) bond motifs is 1. The SMILES string of the molecule is CCCc1cc(=O)n2nc(N(C)c3ccc(Cl)cc3F)nc2[nH]1. The lowest BCUT2D eigenvalue weighted by Crippen LogP contribution is -2.17. The van der Waals surface area contributed by atoms with Gasteiger partial charge in [0.15, 0.2) is 0 Å². The summed E-state index contributed by atoms with van der Waals surface area (Å²) in [6.07, 6.45) is 1.65. The van der Waals surface area contributed by atoms with E-state index in [4.69, 9.17) is 11.6 Å². The molecule has 2 heterocycles. The summed E-state index contributed by atoms with van der Waals surface area (Å²) in [6.45, 7) is 2.02. The highest BCUT2D eigenvalue weighted by atomic mass is 35.5. The first-order chi connectivity index (χ1) is 11.0. The molecule has 3 aromatic rings. The molecule has 0 bridgehead atoms. The van der Waals surface area contributed by atoms with Crippen LogP contribution >= 0.6 is 11.6 Å². The number of hydrogen-bond acceptors (Lipinski definition) is 4. The molecule has 0 spiro atoms. The predicted octanol–water partition coefficient (Wildman–Crippen LogP) is 2.93. The van der Waals surface area contributed by atoms with E-state index in [9.17, 15) is 9.18 Å². The van der Waals surface area contributed by atoms with Crippen molar-refractivity contribution in [3.8, 4) is 0 Å². The van der Waals surface area contributed by atoms with Crippen molar-refractivity contribution in [3.05, 3.63) is 51.2 Å². The number of H-pyrrole nitrogens is 1. The number of halogens is 2. The van der Waals surface area contributed by atoms with Crippen molar-refractivity contribution in [2.75, 3.05) is 11.9 Å². The normalized spacial score (nSPS) is 11.1. The molecule has 3 rings (SSSR count). The maximum absolute atomic E-state index is 14.0. The maximum atomic E-state index is 14.0. The zero-order valence-corrected chi connectivity index (χ0v) is 13.4. The van der Waals surface area contributed by atoms with E-state index >= 15 is 0 Å². The van der Waals surface area contributed by atoms with Gasteiger partial charge < -0.3 is 9.88 Å². The molecule has 6 nitrogen and oxygen atoms in total. The number of nitrogens with one attached hydrogen (secondary N) is 1. The number of nitrogens with zero attached hydrogens (tertiary/aromatic N) is 4. The molecule has 0 aliphatic carbocycles. The Balaban J connectivity index is 2.06. The second kappa shape index (κ2) is 6.00. The van der Waals surface area contributed by atoms with Crippen LogP contribution in [0.4, 0.5) is 16.0 Å². The van der Waals surface area contributed by atoms with E-state index in [1.54, 1.807) is 13.1 Å². The first kappa shape index (κ1) is 15.5. The average molecular weight is 336 g/mol. The van der Waals surface area contributed by atoms with Crippen molar-refractivity contribution in [2.24, 2.45) is 0 Å². The Morgan fingerprint density at radius 2 is 2.17 bits per heavy atom. The third kappa shape index (κ3) is 2.92. The van der Waals surface area contributed by atoms with Gasteiger partial charge in [-0.2, -0.15) is 9.50 Å². The Morgan fingerprint density at radius 3 is 2.87 bits per heavy atom. The Hall–Kier alpha value is -2.41. The highest BCUT2D eigenvalue weighted by Gasteiger charge is 2.16. The van der Waals surface area contributed by atoms with E-state index in [2.05, 4.69) is 15.1 Å². The van der Waals surface area contributed by atoms with Crippen LogP contribution in [0.1, 0.15) is 19.0 Å². The van der Waals surface area contributed by atoms with Crippen molar-refractivity contribution in [1.29, 1.82) is 0 Å². The van der Waals surface area contributed by atoms with Crippen LogP contribution in [0.15, 0.2) is 29.1 Å². The predicted molar refractivity (Wildman–Crippen MR) is 87.1 cm³/mol. The van der Waals surface area contributed by atoms with Crippen LogP contribution in [0.3, 0.4) is 0 Å². The molecule has 0 aliphatic rings. The third-order valence-electron chi connectivity index (χ3n) is 3.47. The molecular weight excluding hydrogens is 321 g/mol. The fraction of sp³-hybridized carbons (Fsp3) is 0.267. The van der Waals surface area contributed by atoms with Crippen LogP contribution in [0.2, 0.25) is 5.02 Å². The number of benzene rings is 1. The molecular formula is C15H15ClFN5O. The zero-order chi connectivity index (χ0) is 16.6. The van der Waals surface area contributed by atoms with Crippen molar-refractivity contribution < 1.29 is 4.39 Å². The van der Waals surface area contributed by atoms with Gasteiger partial charge in [-0.1, -0.05) is 24.9 Å². The number of aromatic amines is 1. The highest BCUT2D eigenvalue weighted by molar-refractivity contribution is 6.30. The molecule has 0 atom stereocenters. The number of hydrogen-bond donors (Lipinski definition) is 1. The smallest absolute Gasteiger partial charge is 0.275 e. The summed E-state index contributed by atoms with van der Waals surface area (Å²) >= 11 is 5.76. The quantitative estimate of drug-likeness (QED) is 0.796. The Kier molecular flexibility index (Phi) is 4.04. The van der Waals surface area contributed by atoms with Gasteiger partial charge in [-0.15, -0.1) is 5.10 Å². The van der Waals surface area contributed by atoms with E-state index in [1.807, 2.05) is 6.92 Å². The Bertz CT molecular complexity index is 920. The first-order valence-electron chi connectivity index (χ1n) is 7.17. The van der Waals surface area contributed by atoms with Gasteiger partial charge in [-0.25, -0.2) is 4.39 Å². The zero-order valence-electron chi connectivity index (χ0n) is 12.7. The number of rotatable bonds is 4. The molecule has 2 aromatic heterocycles. The lowest BCUT2D eigenvalue weighted by atomic mass is 10.2. The van der Waals surface area contributed by atoms with E-state index < -0.39 is 5.82 Å². The van der Waals surface area contributed by atoms with E-state index in [1.165, 1.54) is 27.6 Å². The molecule has 8 heteroatoms. The van der Waals surface area contributed by atoms with Gasteiger partial charge in [0.2, 0.25) is 5.78 Å². The van der Waals surface area contributed by atoms with Crippen LogP contribution in [0.5, 0.6) is 0 Å². The second-order valence-electron chi connectivity index (χ2n) is 5.18. The topological polar surface area (TPSA) is 66.3 Å². The van der Waals surface area contributed by atoms with Gasteiger partial charge >= 0.3 is 0 Å². The van der Waals surface area contributed by atoms with Gasteiger partial charge in [0.25, 0.3) is 11.5 Å². The van der Waals surface area contributed by atoms with Gasteiger partial charge in [0.1, 0.15) is 5.82 Å². The number of anilines is 2. The molecule has 1 N–H and O–H groups in total. The molecule has 120 valence electrons. The summed E-state index contributed by atoms with van der Waals surface area (Å²) in [7, 11) is 1.62. The lowest BCUT2D eigenvalue weighted by molar-refractivity contribution is 0.627. The summed E-state index contributed by atoms with van der Waals surface area (Å²) in [4.78, 5) is 20.9. The monoisotopic (exact) mass is 335 g/mol. The van der Waals surface area contributed by atoms with Gasteiger partial charge in [0.05, 0.1) is 5.69 Å². The fourth-order valence-electron chi connectivity index (χ4n) is 2.33. The summed E-state index contributed by atoms with van der Waals surface area (Å²) in [5, 5.41) is 4.45. The fourth-order valence-corrected chi connectivity index (χ4v) is 2.49. The molecule has 0 saturated carbocycles. The van der Waals surface area contributed by atoms with Gasteiger partial charge in [-0.3, -0.25) is 4.79 Å². The molecule has 0 fully saturated rings. The minimum Gasteiger partial charge on any atom is -0.327 e. The van der Waals surface area contributed by atoms with Crippen LogP contribution in [0.25, 0.3) is 5.78 Å². The number of aryl methyl sites for hydroxylation is 1. The largest absolute Gasteiger partial charge is 0.327 e. The van der Waals surface area contributed by atoms with E-state index in [0.717, 1.165) is 18.5 Å². The molecule has 0 amide bonds. The molecule has 0 aliphatic heterocycles. The number of aromatic nitrogens is 4. The third-order valence-corrected chi connectivity index (χ3v) is 3.70. The minimum absolute atomic E-state index is 0.216. The molecule has 0 radical (unpaired) electrons. The van der Waals surface area contributed by atoms with Crippen molar-refractivity contribution in [1.82, 2.24) is 19.6 Å². The summed E-state index contributed by atoms with van der Waals surface area (Å²) in [6, 6.07) is 5.83. The Morgan fingerprint density at radius 1 is 1.39 bits per heavy atom. The highest BCUT2D eigenvalue weighted by Crippen LogP contribution is 2.26. The van der Waals surface area contributed by atoms with Gasteiger partial charge in [-0.05, 0) is 24.6 Å². The summed E-state index contributed by atoms with van der Waals surface area (Å²) in [5.74, 6) is 0.0576. The molecule has 0 unspecified atom stereocenters. The van der Waals surface area contributed by atoms with Crippen LogP contribution in [-0.2, 0) is 6.42 Å². The van der Waals surface area contributed by atoms with Crippen molar-refractivity contribution >= 4 is 29.0 Å². The molecule has 0 saturated heterocycles.